The minimum Gasteiger partial charge on any atom is -0.397 e. The van der Waals surface area contributed by atoms with Gasteiger partial charge in [-0.05, 0) is 23.9 Å². The van der Waals surface area contributed by atoms with Crippen LogP contribution >= 0.6 is 11.8 Å². The Morgan fingerprint density at radius 2 is 2.06 bits per heavy atom. The highest BCUT2D eigenvalue weighted by atomic mass is 32.2. The Balaban J connectivity index is 2.38. The van der Waals surface area contributed by atoms with E-state index in [-0.39, 0.29) is 11.2 Å². The van der Waals surface area contributed by atoms with E-state index in [4.69, 9.17) is 11.5 Å². The van der Waals surface area contributed by atoms with Crippen molar-refractivity contribution >= 4 is 23.1 Å². The number of nitrogens with one attached hydrogen (secondary N) is 1. The molecule has 2 aromatic heterocycles. The number of nitrogens with zero attached hydrogens (tertiary/aromatic N) is 2. The number of H-pyrrole nitrogens is 1. The molecular weight excluding hydrogens is 226 g/mol. The molecule has 0 aliphatic heterocycles. The van der Waals surface area contributed by atoms with Crippen LogP contribution in [0.1, 0.15) is 0 Å². The maximum Gasteiger partial charge on any atom is 0.275 e. The van der Waals surface area contributed by atoms with Gasteiger partial charge in [0.05, 0.1) is 12.0 Å². The first-order chi connectivity index (χ1) is 7.68. The van der Waals surface area contributed by atoms with Crippen molar-refractivity contribution in [1.29, 1.82) is 0 Å². The summed E-state index contributed by atoms with van der Waals surface area (Å²) in [4.78, 5) is 21.6. The van der Waals surface area contributed by atoms with E-state index in [0.29, 0.717) is 15.7 Å². The number of hydrogen-bond acceptors (Lipinski definition) is 6. The van der Waals surface area contributed by atoms with Crippen LogP contribution in [0.2, 0.25) is 0 Å². The monoisotopic (exact) mass is 235 g/mol. The third kappa shape index (κ3) is 1.98. The molecule has 0 atom stereocenters. The number of pyridine rings is 1. The zero-order valence-corrected chi connectivity index (χ0v) is 8.99. The maximum absolute atomic E-state index is 11.2. The van der Waals surface area contributed by atoms with Gasteiger partial charge in [-0.15, -0.1) is 0 Å². The summed E-state index contributed by atoms with van der Waals surface area (Å²) in [5, 5.41) is 0.974. The second-order valence-corrected chi connectivity index (χ2v) is 3.93. The molecule has 0 aliphatic rings. The third-order valence-corrected chi connectivity index (χ3v) is 2.90. The molecule has 0 aromatic carbocycles. The summed E-state index contributed by atoms with van der Waals surface area (Å²) < 4.78 is 0. The van der Waals surface area contributed by atoms with Crippen LogP contribution < -0.4 is 17.0 Å². The fraction of sp³-hybridized carbons (Fsp3) is 0. The van der Waals surface area contributed by atoms with Crippen molar-refractivity contribution in [2.75, 3.05) is 11.5 Å². The molecule has 7 heteroatoms. The molecular formula is C9H9N5OS. The van der Waals surface area contributed by atoms with Gasteiger partial charge in [0.25, 0.3) is 5.56 Å². The van der Waals surface area contributed by atoms with Gasteiger partial charge in [0.2, 0.25) is 0 Å². The molecule has 82 valence electrons. The van der Waals surface area contributed by atoms with Crippen molar-refractivity contribution in [3.05, 3.63) is 35.0 Å². The molecule has 0 saturated carbocycles. The van der Waals surface area contributed by atoms with Gasteiger partial charge in [0.15, 0.2) is 0 Å². The van der Waals surface area contributed by atoms with Gasteiger partial charge in [-0.2, -0.15) is 0 Å². The Kier molecular flexibility index (Phi) is 2.78. The molecule has 0 radical (unpaired) electrons. The third-order valence-electron chi connectivity index (χ3n) is 1.85. The van der Waals surface area contributed by atoms with E-state index in [1.54, 1.807) is 18.3 Å². The Bertz CT molecular complexity index is 568. The smallest absolute Gasteiger partial charge is 0.275 e. The second-order valence-electron chi connectivity index (χ2n) is 2.95. The van der Waals surface area contributed by atoms with E-state index in [0.717, 1.165) is 11.8 Å². The van der Waals surface area contributed by atoms with Crippen molar-refractivity contribution in [2.24, 2.45) is 0 Å². The Hall–Kier alpha value is -2.02. The van der Waals surface area contributed by atoms with Gasteiger partial charge < -0.3 is 16.5 Å². The fourth-order valence-corrected chi connectivity index (χ4v) is 1.85. The molecule has 0 aliphatic carbocycles. The quantitative estimate of drug-likeness (QED) is 0.653. The first kappa shape index (κ1) is 10.5. The molecule has 2 rings (SSSR count). The largest absolute Gasteiger partial charge is 0.397 e. The molecule has 0 amide bonds. The lowest BCUT2D eigenvalue weighted by Gasteiger charge is -2.04. The van der Waals surface area contributed by atoms with Gasteiger partial charge >= 0.3 is 0 Å². The molecule has 0 unspecified atom stereocenters. The van der Waals surface area contributed by atoms with Crippen molar-refractivity contribution in [3.8, 4) is 0 Å². The van der Waals surface area contributed by atoms with Crippen LogP contribution in [-0.2, 0) is 0 Å². The number of hydrogen-bond donors (Lipinski definition) is 3. The van der Waals surface area contributed by atoms with Crippen molar-refractivity contribution < 1.29 is 0 Å². The summed E-state index contributed by atoms with van der Waals surface area (Å²) in [7, 11) is 0. The van der Waals surface area contributed by atoms with Gasteiger partial charge in [-0.25, -0.2) is 9.97 Å². The molecule has 5 N–H and O–H groups in total. The highest BCUT2D eigenvalue weighted by Crippen LogP contribution is 2.29. The van der Waals surface area contributed by atoms with Gasteiger partial charge in [0, 0.05) is 6.20 Å². The Labute approximate surface area is 95.1 Å². The standard InChI is InChI=1S/C9H9N5OS/c10-5-2-1-3-12-8(5)16-9-6(11)7(15)13-4-14-9/h1-4H,10-11H2,(H,13,14,15). The van der Waals surface area contributed by atoms with E-state index in [1.165, 1.54) is 6.33 Å². The Morgan fingerprint density at radius 3 is 2.81 bits per heavy atom. The van der Waals surface area contributed by atoms with Crippen LogP contribution in [0.15, 0.2) is 39.5 Å². The number of anilines is 2. The average Bonchev–Trinajstić information content (AvgIpc) is 2.28. The minimum atomic E-state index is -0.369. The van der Waals surface area contributed by atoms with Crippen LogP contribution in [-0.4, -0.2) is 15.0 Å². The molecule has 0 fully saturated rings. The zero-order chi connectivity index (χ0) is 11.5. The van der Waals surface area contributed by atoms with Crippen LogP contribution in [0.5, 0.6) is 0 Å². The van der Waals surface area contributed by atoms with E-state index < -0.39 is 0 Å². The lowest BCUT2D eigenvalue weighted by Crippen LogP contribution is -2.13. The highest BCUT2D eigenvalue weighted by Gasteiger charge is 2.09. The summed E-state index contributed by atoms with van der Waals surface area (Å²) in [6.45, 7) is 0. The molecule has 0 saturated heterocycles. The summed E-state index contributed by atoms with van der Waals surface area (Å²) in [5.74, 6) is 0. The summed E-state index contributed by atoms with van der Waals surface area (Å²) in [6.07, 6.45) is 2.90. The van der Waals surface area contributed by atoms with Crippen LogP contribution in [0.25, 0.3) is 0 Å². The number of aromatic nitrogens is 3. The molecule has 2 heterocycles. The fourth-order valence-electron chi connectivity index (χ4n) is 1.06. The number of rotatable bonds is 2. The molecule has 0 spiro atoms. The van der Waals surface area contributed by atoms with Gasteiger partial charge in [-0.1, -0.05) is 0 Å². The highest BCUT2D eigenvalue weighted by molar-refractivity contribution is 7.99. The van der Waals surface area contributed by atoms with Crippen LogP contribution in [0.3, 0.4) is 0 Å². The number of nitrogen functional groups attached to an aromatic ring is 2. The second kappa shape index (κ2) is 4.23. The molecule has 16 heavy (non-hydrogen) atoms. The maximum atomic E-state index is 11.2. The van der Waals surface area contributed by atoms with E-state index in [9.17, 15) is 4.79 Å². The van der Waals surface area contributed by atoms with Crippen molar-refractivity contribution in [2.45, 2.75) is 10.1 Å². The van der Waals surface area contributed by atoms with Crippen LogP contribution in [0, 0.1) is 0 Å². The SMILES string of the molecule is Nc1cccnc1Sc1nc[nH]c(=O)c1N. The first-order valence-corrected chi connectivity index (χ1v) is 5.21. The summed E-state index contributed by atoms with van der Waals surface area (Å²) in [6, 6.07) is 3.45. The van der Waals surface area contributed by atoms with Crippen molar-refractivity contribution in [1.82, 2.24) is 15.0 Å². The van der Waals surface area contributed by atoms with E-state index in [1.807, 2.05) is 0 Å². The van der Waals surface area contributed by atoms with E-state index >= 15 is 0 Å². The summed E-state index contributed by atoms with van der Waals surface area (Å²) in [5.41, 5.74) is 11.5. The average molecular weight is 235 g/mol. The Morgan fingerprint density at radius 1 is 1.25 bits per heavy atom. The van der Waals surface area contributed by atoms with Crippen LogP contribution in [0.4, 0.5) is 11.4 Å². The number of aromatic amines is 1. The van der Waals surface area contributed by atoms with Crippen molar-refractivity contribution in [3.63, 3.8) is 0 Å². The predicted octanol–water partition coefficient (Wildman–Crippen LogP) is 0.480. The summed E-state index contributed by atoms with van der Waals surface area (Å²) >= 11 is 1.16. The molecule has 6 nitrogen and oxygen atoms in total. The zero-order valence-electron chi connectivity index (χ0n) is 8.18. The lowest BCUT2D eigenvalue weighted by molar-refractivity contribution is 1.02. The van der Waals surface area contributed by atoms with E-state index in [2.05, 4.69) is 15.0 Å². The first-order valence-electron chi connectivity index (χ1n) is 4.40. The molecule has 2 aromatic rings. The number of nitrogens with two attached hydrogens (primary N) is 2. The lowest BCUT2D eigenvalue weighted by atomic mass is 10.4. The normalized spacial score (nSPS) is 10.2. The molecule has 0 bridgehead atoms. The minimum absolute atomic E-state index is 0.0672. The van der Waals surface area contributed by atoms with Gasteiger partial charge in [-0.3, -0.25) is 4.79 Å². The predicted molar refractivity (Wildman–Crippen MR) is 62.0 cm³/mol. The van der Waals surface area contributed by atoms with Gasteiger partial charge in [0.1, 0.15) is 15.7 Å². The topological polar surface area (TPSA) is 111 Å².